The molecule has 0 atom stereocenters. The number of nitrogen functional groups attached to an aromatic ring is 1. The van der Waals surface area contributed by atoms with Gasteiger partial charge >= 0.3 is 0 Å². The Hall–Kier alpha value is -2.73. The van der Waals surface area contributed by atoms with Gasteiger partial charge in [0, 0.05) is 20.7 Å². The van der Waals surface area contributed by atoms with E-state index in [1.54, 1.807) is 30.3 Å². The summed E-state index contributed by atoms with van der Waals surface area (Å²) in [5, 5.41) is 4.52. The van der Waals surface area contributed by atoms with E-state index in [-0.39, 0.29) is 10.8 Å². The van der Waals surface area contributed by atoms with Crippen LogP contribution in [0.4, 0.5) is 11.4 Å². The van der Waals surface area contributed by atoms with Gasteiger partial charge in [0.15, 0.2) is 0 Å². The first-order valence-electron chi connectivity index (χ1n) is 8.23. The van der Waals surface area contributed by atoms with E-state index in [2.05, 4.69) is 5.18 Å². The van der Waals surface area contributed by atoms with Crippen LogP contribution in [0.1, 0.15) is 15.2 Å². The summed E-state index contributed by atoms with van der Waals surface area (Å²) in [6.07, 6.45) is 0. The van der Waals surface area contributed by atoms with Crippen molar-refractivity contribution in [2.24, 2.45) is 5.18 Å². The predicted molar refractivity (Wildman–Crippen MR) is 117 cm³/mol. The standard InChI is InChI=1S/C21H12Cl2N2O2S/c22-13-5-7-15(17(23)10-13)20(26)21-19(24)16-6-4-12(9-18(16)28-21)11-2-1-3-14(8-11)25-27/h1-10H,24H2. The lowest BCUT2D eigenvalue weighted by atomic mass is 10.0. The summed E-state index contributed by atoms with van der Waals surface area (Å²) < 4.78 is 0.868. The number of thiophene rings is 1. The average molecular weight is 427 g/mol. The maximum Gasteiger partial charge on any atom is 0.206 e. The van der Waals surface area contributed by atoms with E-state index >= 15 is 0 Å². The molecule has 0 aliphatic rings. The second kappa shape index (κ2) is 7.36. The molecule has 0 saturated heterocycles. The summed E-state index contributed by atoms with van der Waals surface area (Å²) in [4.78, 5) is 24.2. The number of carbonyl (C=O) groups is 1. The highest BCUT2D eigenvalue weighted by Crippen LogP contribution is 2.38. The Kier molecular flexibility index (Phi) is 4.89. The normalized spacial score (nSPS) is 10.9. The summed E-state index contributed by atoms with van der Waals surface area (Å²) in [6, 6.07) is 17.5. The number of nitrogens with two attached hydrogens (primary N) is 1. The highest BCUT2D eigenvalue weighted by Gasteiger charge is 2.20. The molecule has 7 heteroatoms. The first-order valence-corrected chi connectivity index (χ1v) is 9.81. The zero-order chi connectivity index (χ0) is 19.8. The van der Waals surface area contributed by atoms with Gasteiger partial charge in [0.1, 0.15) is 5.69 Å². The highest BCUT2D eigenvalue weighted by molar-refractivity contribution is 7.21. The molecule has 2 N–H and O–H groups in total. The fourth-order valence-electron chi connectivity index (χ4n) is 3.00. The van der Waals surface area contributed by atoms with E-state index in [0.29, 0.717) is 26.8 Å². The van der Waals surface area contributed by atoms with Gasteiger partial charge in [-0.15, -0.1) is 16.2 Å². The van der Waals surface area contributed by atoms with Crippen molar-refractivity contribution in [1.82, 2.24) is 0 Å². The molecule has 0 amide bonds. The van der Waals surface area contributed by atoms with Crippen LogP contribution in [0.15, 0.2) is 65.8 Å². The van der Waals surface area contributed by atoms with Gasteiger partial charge in [-0.05, 0) is 52.7 Å². The van der Waals surface area contributed by atoms with E-state index in [1.165, 1.54) is 17.4 Å². The number of halogens is 2. The lowest BCUT2D eigenvalue weighted by molar-refractivity contribution is 0.104. The number of hydrogen-bond donors (Lipinski definition) is 1. The van der Waals surface area contributed by atoms with E-state index in [1.807, 2.05) is 24.3 Å². The van der Waals surface area contributed by atoms with Crippen LogP contribution in [0.5, 0.6) is 0 Å². The van der Waals surface area contributed by atoms with Crippen LogP contribution in [-0.4, -0.2) is 5.78 Å². The van der Waals surface area contributed by atoms with Crippen molar-refractivity contribution in [2.75, 3.05) is 5.73 Å². The largest absolute Gasteiger partial charge is 0.397 e. The summed E-state index contributed by atoms with van der Waals surface area (Å²) in [5.41, 5.74) is 9.16. The second-order valence-electron chi connectivity index (χ2n) is 6.15. The SMILES string of the molecule is Nc1c(C(=O)c2ccc(Cl)cc2Cl)sc2cc(-c3cccc(N=O)c3)ccc12. The number of nitrogens with zero attached hydrogens (tertiary/aromatic N) is 1. The van der Waals surface area contributed by atoms with Gasteiger partial charge in [-0.25, -0.2) is 0 Å². The minimum atomic E-state index is -0.242. The van der Waals surface area contributed by atoms with Gasteiger partial charge < -0.3 is 5.73 Å². The van der Waals surface area contributed by atoms with Crippen LogP contribution in [0.25, 0.3) is 21.2 Å². The van der Waals surface area contributed by atoms with Crippen molar-refractivity contribution in [2.45, 2.75) is 0 Å². The fraction of sp³-hybridized carbons (Fsp3) is 0. The molecule has 0 aliphatic carbocycles. The minimum Gasteiger partial charge on any atom is -0.397 e. The molecule has 0 bridgehead atoms. The summed E-state index contributed by atoms with van der Waals surface area (Å²) >= 11 is 13.4. The Morgan fingerprint density at radius 3 is 2.50 bits per heavy atom. The number of carbonyl (C=O) groups excluding carboxylic acids is 1. The van der Waals surface area contributed by atoms with Gasteiger partial charge in [0.25, 0.3) is 0 Å². The number of nitroso groups, excluding NO2 is 1. The molecule has 0 unspecified atom stereocenters. The van der Waals surface area contributed by atoms with Crippen molar-refractivity contribution in [3.8, 4) is 11.1 Å². The molecule has 1 aromatic heterocycles. The Morgan fingerprint density at radius 1 is 0.964 bits per heavy atom. The maximum atomic E-state index is 13.0. The molecule has 4 aromatic rings. The van der Waals surface area contributed by atoms with Crippen molar-refractivity contribution in [1.29, 1.82) is 0 Å². The molecule has 138 valence electrons. The van der Waals surface area contributed by atoms with Gasteiger partial charge in [0.05, 0.1) is 15.6 Å². The monoisotopic (exact) mass is 426 g/mol. The van der Waals surface area contributed by atoms with Crippen LogP contribution in [-0.2, 0) is 0 Å². The van der Waals surface area contributed by atoms with Gasteiger partial charge in [-0.2, -0.15) is 0 Å². The second-order valence-corrected chi connectivity index (χ2v) is 8.05. The smallest absolute Gasteiger partial charge is 0.206 e. The predicted octanol–water partition coefficient (Wildman–Crippen LogP) is 7.09. The number of anilines is 1. The van der Waals surface area contributed by atoms with Crippen molar-refractivity contribution in [3.05, 3.63) is 86.1 Å². The van der Waals surface area contributed by atoms with Crippen molar-refractivity contribution >= 4 is 61.8 Å². The van der Waals surface area contributed by atoms with Gasteiger partial charge in [0.2, 0.25) is 5.78 Å². The Labute approximate surface area is 174 Å². The van der Waals surface area contributed by atoms with E-state index in [9.17, 15) is 9.70 Å². The third-order valence-corrected chi connectivity index (χ3v) is 6.11. The molecular weight excluding hydrogens is 415 g/mol. The summed E-state index contributed by atoms with van der Waals surface area (Å²) in [7, 11) is 0. The van der Waals surface area contributed by atoms with Crippen molar-refractivity contribution < 1.29 is 4.79 Å². The quantitative estimate of drug-likeness (QED) is 0.279. The average Bonchev–Trinajstić information content (AvgIpc) is 3.03. The molecular formula is C21H12Cl2N2O2S. The summed E-state index contributed by atoms with van der Waals surface area (Å²) in [6.45, 7) is 0. The number of hydrogen-bond acceptors (Lipinski definition) is 5. The van der Waals surface area contributed by atoms with E-state index < -0.39 is 0 Å². The topological polar surface area (TPSA) is 72.5 Å². The highest BCUT2D eigenvalue weighted by atomic mass is 35.5. The van der Waals surface area contributed by atoms with Crippen molar-refractivity contribution in [3.63, 3.8) is 0 Å². The number of benzene rings is 3. The molecule has 28 heavy (non-hydrogen) atoms. The van der Waals surface area contributed by atoms with Crippen LogP contribution >= 0.6 is 34.5 Å². The number of fused-ring (bicyclic) bond motifs is 1. The molecule has 0 saturated carbocycles. The first kappa shape index (κ1) is 18.6. The first-order chi connectivity index (χ1) is 13.5. The zero-order valence-corrected chi connectivity index (χ0v) is 16.6. The Morgan fingerprint density at radius 2 is 1.75 bits per heavy atom. The van der Waals surface area contributed by atoms with E-state index in [4.69, 9.17) is 28.9 Å². The molecule has 4 nitrogen and oxygen atoms in total. The molecule has 0 fully saturated rings. The number of ketones is 1. The lowest BCUT2D eigenvalue weighted by Gasteiger charge is -2.03. The van der Waals surface area contributed by atoms with Gasteiger partial charge in [-0.1, -0.05) is 47.5 Å². The lowest BCUT2D eigenvalue weighted by Crippen LogP contribution is -2.02. The van der Waals surface area contributed by atoms with Crippen LogP contribution in [0.3, 0.4) is 0 Å². The molecule has 0 spiro atoms. The Bertz CT molecular complexity index is 1250. The fourth-order valence-corrected chi connectivity index (χ4v) is 4.61. The van der Waals surface area contributed by atoms with Crippen LogP contribution < -0.4 is 5.73 Å². The zero-order valence-electron chi connectivity index (χ0n) is 14.3. The minimum absolute atomic E-state index is 0.242. The number of rotatable bonds is 4. The molecule has 1 heterocycles. The van der Waals surface area contributed by atoms with Crippen LogP contribution in [0.2, 0.25) is 10.0 Å². The maximum absolute atomic E-state index is 13.0. The molecule has 0 radical (unpaired) electrons. The van der Waals surface area contributed by atoms with Gasteiger partial charge in [-0.3, -0.25) is 4.79 Å². The third-order valence-electron chi connectivity index (χ3n) is 4.40. The molecule has 3 aromatic carbocycles. The van der Waals surface area contributed by atoms with Crippen LogP contribution in [0, 0.1) is 4.91 Å². The summed E-state index contributed by atoms with van der Waals surface area (Å²) in [5.74, 6) is -0.242. The Balaban J connectivity index is 1.80. The molecule has 4 rings (SSSR count). The third kappa shape index (κ3) is 3.29. The molecule has 0 aliphatic heterocycles. The van der Waals surface area contributed by atoms with E-state index in [0.717, 1.165) is 21.2 Å².